The molecule has 0 aromatic carbocycles. The Kier molecular flexibility index (Phi) is 4.18. The fourth-order valence-electron chi connectivity index (χ4n) is 2.46. The Balaban J connectivity index is 1.91. The molecule has 0 aromatic heterocycles. The van der Waals surface area contributed by atoms with Crippen LogP contribution in [0.3, 0.4) is 0 Å². The summed E-state index contributed by atoms with van der Waals surface area (Å²) in [5.74, 6) is 0.282. The highest BCUT2D eigenvalue weighted by molar-refractivity contribution is 5.82. The lowest BCUT2D eigenvalue weighted by Crippen LogP contribution is -2.40. The Morgan fingerprint density at radius 3 is 3.00 bits per heavy atom. The molecule has 2 atom stereocenters. The molecule has 4 nitrogen and oxygen atoms in total. The molecule has 1 aliphatic heterocycles. The van der Waals surface area contributed by atoms with Crippen molar-refractivity contribution in [1.29, 1.82) is 0 Å². The molecule has 1 amide bonds. The zero-order valence-electron chi connectivity index (χ0n) is 10.7. The third-order valence-electron chi connectivity index (χ3n) is 3.46. The van der Waals surface area contributed by atoms with E-state index in [1.54, 1.807) is 11.8 Å². The summed E-state index contributed by atoms with van der Waals surface area (Å²) in [5, 5.41) is 0. The summed E-state index contributed by atoms with van der Waals surface area (Å²) in [6.07, 6.45) is 10.1. The molecule has 0 unspecified atom stereocenters. The number of hydrogen-bond donors (Lipinski definition) is 0. The maximum absolute atomic E-state index is 12.2. The van der Waals surface area contributed by atoms with Crippen LogP contribution in [0, 0.1) is 11.8 Å². The number of ether oxygens (including phenoxy) is 1. The van der Waals surface area contributed by atoms with E-state index >= 15 is 0 Å². The summed E-state index contributed by atoms with van der Waals surface area (Å²) in [5.41, 5.74) is 0. The van der Waals surface area contributed by atoms with Gasteiger partial charge in [0.05, 0.1) is 13.0 Å². The summed E-state index contributed by atoms with van der Waals surface area (Å²) in [6, 6.07) is 0. The van der Waals surface area contributed by atoms with Crippen LogP contribution in [0.2, 0.25) is 0 Å². The van der Waals surface area contributed by atoms with Gasteiger partial charge in [-0.05, 0) is 25.7 Å². The molecule has 2 rings (SSSR count). The van der Waals surface area contributed by atoms with Crippen molar-refractivity contribution >= 4 is 11.9 Å². The van der Waals surface area contributed by atoms with Crippen molar-refractivity contribution in [2.45, 2.75) is 26.2 Å². The first-order valence-electron chi connectivity index (χ1n) is 6.51. The number of nitrogens with zero attached hydrogens (tertiary/aromatic N) is 1. The van der Waals surface area contributed by atoms with Crippen LogP contribution in [0.5, 0.6) is 0 Å². The highest BCUT2D eigenvalue weighted by Crippen LogP contribution is 2.31. The van der Waals surface area contributed by atoms with Crippen molar-refractivity contribution in [2.24, 2.45) is 11.8 Å². The molecule has 0 bridgehead atoms. The molecule has 0 aromatic rings. The van der Waals surface area contributed by atoms with Gasteiger partial charge in [0.25, 0.3) is 0 Å². The third-order valence-corrected chi connectivity index (χ3v) is 3.46. The second-order valence-corrected chi connectivity index (χ2v) is 4.64. The average Bonchev–Trinajstić information content (AvgIpc) is 2.39. The van der Waals surface area contributed by atoms with Gasteiger partial charge in [0.15, 0.2) is 0 Å². The Morgan fingerprint density at radius 2 is 2.22 bits per heavy atom. The van der Waals surface area contributed by atoms with Gasteiger partial charge in [-0.15, -0.1) is 0 Å². The van der Waals surface area contributed by atoms with Crippen molar-refractivity contribution < 1.29 is 14.3 Å². The van der Waals surface area contributed by atoms with E-state index < -0.39 is 0 Å². The number of rotatable bonds is 4. The number of carbonyl (C=O) groups excluding carboxylic acids is 2. The van der Waals surface area contributed by atoms with Crippen LogP contribution >= 0.6 is 0 Å². The number of carbonyl (C=O) groups is 2. The quantitative estimate of drug-likeness (QED) is 0.564. The predicted octanol–water partition coefficient (Wildman–Crippen LogP) is 1.88. The van der Waals surface area contributed by atoms with E-state index in [1.165, 1.54) is 0 Å². The Labute approximate surface area is 107 Å². The van der Waals surface area contributed by atoms with Gasteiger partial charge < -0.3 is 9.64 Å². The van der Waals surface area contributed by atoms with E-state index in [-0.39, 0.29) is 24.2 Å². The van der Waals surface area contributed by atoms with Crippen LogP contribution in [0.4, 0.5) is 0 Å². The minimum Gasteiger partial charge on any atom is -0.466 e. The lowest BCUT2D eigenvalue weighted by Gasteiger charge is -2.33. The molecule has 0 spiro atoms. The number of hydrogen-bond acceptors (Lipinski definition) is 3. The average molecular weight is 249 g/mol. The van der Waals surface area contributed by atoms with Crippen molar-refractivity contribution in [2.75, 3.05) is 13.2 Å². The Morgan fingerprint density at radius 1 is 1.44 bits per heavy atom. The standard InChI is InChI=1S/C14H19NO3/c1-2-18-13(16)8-10-15-9-7-11-5-3-4-6-12(11)14(15)17/h3-4,7,9,11-12H,2,5-6,8,10H2,1H3/t11-,12+/m0/s1. The molecule has 0 N–H and O–H groups in total. The molecule has 1 aliphatic carbocycles. The number of amides is 1. The van der Waals surface area contributed by atoms with Gasteiger partial charge in [0.1, 0.15) is 0 Å². The number of allylic oxidation sites excluding steroid dienone is 3. The van der Waals surface area contributed by atoms with E-state index in [4.69, 9.17) is 4.74 Å². The molecule has 98 valence electrons. The van der Waals surface area contributed by atoms with E-state index in [0.29, 0.717) is 19.1 Å². The molecule has 4 heteroatoms. The maximum atomic E-state index is 12.2. The zero-order valence-corrected chi connectivity index (χ0v) is 10.7. The fraction of sp³-hybridized carbons (Fsp3) is 0.571. The van der Waals surface area contributed by atoms with Gasteiger partial charge in [-0.3, -0.25) is 9.59 Å². The zero-order chi connectivity index (χ0) is 13.0. The van der Waals surface area contributed by atoms with Gasteiger partial charge in [-0.1, -0.05) is 18.2 Å². The molecule has 18 heavy (non-hydrogen) atoms. The lowest BCUT2D eigenvalue weighted by atomic mass is 9.80. The summed E-state index contributed by atoms with van der Waals surface area (Å²) in [6.45, 7) is 2.59. The first-order chi connectivity index (χ1) is 8.72. The Bertz CT molecular complexity index is 387. The smallest absolute Gasteiger partial charge is 0.307 e. The van der Waals surface area contributed by atoms with Crippen molar-refractivity contribution in [1.82, 2.24) is 4.90 Å². The Hall–Kier alpha value is -1.58. The maximum Gasteiger partial charge on any atom is 0.307 e. The van der Waals surface area contributed by atoms with E-state index in [1.807, 2.05) is 6.20 Å². The summed E-state index contributed by atoms with van der Waals surface area (Å²) in [7, 11) is 0. The molecule has 2 aliphatic rings. The van der Waals surface area contributed by atoms with E-state index in [9.17, 15) is 9.59 Å². The van der Waals surface area contributed by atoms with Crippen molar-refractivity contribution in [3.63, 3.8) is 0 Å². The van der Waals surface area contributed by atoms with Gasteiger partial charge in [-0.25, -0.2) is 0 Å². The van der Waals surface area contributed by atoms with Crippen LogP contribution in [0.25, 0.3) is 0 Å². The van der Waals surface area contributed by atoms with Crippen LogP contribution in [-0.2, 0) is 14.3 Å². The van der Waals surface area contributed by atoms with Crippen LogP contribution < -0.4 is 0 Å². The van der Waals surface area contributed by atoms with Gasteiger partial charge >= 0.3 is 5.97 Å². The van der Waals surface area contributed by atoms with Gasteiger partial charge in [0, 0.05) is 18.7 Å². The van der Waals surface area contributed by atoms with Crippen LogP contribution in [-0.4, -0.2) is 29.9 Å². The minimum atomic E-state index is -0.246. The second kappa shape index (κ2) is 5.85. The minimum absolute atomic E-state index is 0.0576. The number of esters is 1. The molecule has 1 heterocycles. The van der Waals surface area contributed by atoms with Crippen molar-refractivity contribution in [3.05, 3.63) is 24.4 Å². The molecular weight excluding hydrogens is 230 g/mol. The third kappa shape index (κ3) is 2.81. The first kappa shape index (κ1) is 12.9. The molecule has 0 saturated carbocycles. The summed E-state index contributed by atoms with van der Waals surface area (Å²) >= 11 is 0. The first-order valence-corrected chi connectivity index (χ1v) is 6.51. The van der Waals surface area contributed by atoms with Gasteiger partial charge in [0.2, 0.25) is 5.91 Å². The van der Waals surface area contributed by atoms with Crippen LogP contribution in [0.1, 0.15) is 26.2 Å². The SMILES string of the molecule is CCOC(=O)CCN1C=C[C@@H]2CC=CC[C@H]2C1=O. The highest BCUT2D eigenvalue weighted by Gasteiger charge is 2.33. The molecule has 0 radical (unpaired) electrons. The largest absolute Gasteiger partial charge is 0.466 e. The lowest BCUT2D eigenvalue weighted by molar-refractivity contribution is -0.144. The normalized spacial score (nSPS) is 26.1. The van der Waals surface area contributed by atoms with Gasteiger partial charge in [-0.2, -0.15) is 0 Å². The predicted molar refractivity (Wildman–Crippen MR) is 67.5 cm³/mol. The molecule has 0 fully saturated rings. The fourth-order valence-corrected chi connectivity index (χ4v) is 2.46. The monoisotopic (exact) mass is 249 g/mol. The van der Waals surface area contributed by atoms with E-state index in [0.717, 1.165) is 12.8 Å². The van der Waals surface area contributed by atoms with E-state index in [2.05, 4.69) is 18.2 Å². The van der Waals surface area contributed by atoms with Crippen molar-refractivity contribution in [3.8, 4) is 0 Å². The summed E-state index contributed by atoms with van der Waals surface area (Å²) < 4.78 is 4.86. The highest BCUT2D eigenvalue weighted by atomic mass is 16.5. The molecule has 0 saturated heterocycles. The topological polar surface area (TPSA) is 46.6 Å². The summed E-state index contributed by atoms with van der Waals surface area (Å²) in [4.78, 5) is 25.1. The molecular formula is C14H19NO3. The number of fused-ring (bicyclic) bond motifs is 1. The van der Waals surface area contributed by atoms with Crippen LogP contribution in [0.15, 0.2) is 24.4 Å². The second-order valence-electron chi connectivity index (χ2n) is 4.64.